The number of piperidine rings is 1. The number of nitrogens with zero attached hydrogens (tertiary/aromatic N) is 4. The Hall–Kier alpha value is -4.05. The van der Waals surface area contributed by atoms with Gasteiger partial charge in [0, 0.05) is 24.2 Å². The monoisotopic (exact) mass is 521 g/mol. The number of phenols is 1. The molecule has 3 heterocycles. The van der Waals surface area contributed by atoms with Crippen LogP contribution < -0.4 is 10.1 Å². The number of oxazole rings is 1. The number of benzene rings is 1. The second kappa shape index (κ2) is 11.3. The quantitative estimate of drug-likeness (QED) is 0.444. The molecule has 0 radical (unpaired) electrons. The number of hydrogen-bond donors (Lipinski definition) is 3. The maximum absolute atomic E-state index is 10.6. The maximum atomic E-state index is 10.6. The molecule has 2 aromatic heterocycles. The van der Waals surface area contributed by atoms with Crippen LogP contribution in [0.25, 0.3) is 22.5 Å². The molecule has 0 unspecified atom stereocenters. The zero-order valence-electron chi connectivity index (χ0n) is 20.4. The Labute approximate surface area is 210 Å². The first-order chi connectivity index (χ1) is 17.5. The number of aromatic hydroxyl groups is 1. The average molecular weight is 521 g/mol. The normalized spacial score (nSPS) is 16.0. The van der Waals surface area contributed by atoms with Gasteiger partial charge in [0.2, 0.25) is 11.2 Å². The van der Waals surface area contributed by atoms with Gasteiger partial charge in [0.05, 0.1) is 24.4 Å². The summed E-state index contributed by atoms with van der Waals surface area (Å²) in [5, 5.41) is 30.1. The largest absolute Gasteiger partial charge is 0.507 e. The zero-order chi connectivity index (χ0) is 27.3. The number of likely N-dealkylation sites (tertiary alicyclic amines) is 1. The molecule has 0 aliphatic carbocycles. The van der Waals surface area contributed by atoms with E-state index in [1.54, 1.807) is 19.2 Å². The Morgan fingerprint density at radius 3 is 2.62 bits per heavy atom. The number of fused-ring (bicyclic) bond motifs is 1. The fourth-order valence-electron chi connectivity index (χ4n) is 4.03. The van der Waals surface area contributed by atoms with Crippen LogP contribution in [0.5, 0.6) is 11.5 Å². The number of nitriles is 1. The predicted molar refractivity (Wildman–Crippen MR) is 127 cm³/mol. The van der Waals surface area contributed by atoms with Crippen molar-refractivity contribution in [2.75, 3.05) is 32.1 Å². The second-order valence-corrected chi connectivity index (χ2v) is 8.36. The topological polar surface area (TPSA) is 145 Å². The summed E-state index contributed by atoms with van der Waals surface area (Å²) in [7, 11) is 1.56. The van der Waals surface area contributed by atoms with Gasteiger partial charge in [0.25, 0.3) is 6.01 Å². The molecule has 1 saturated heterocycles. The lowest BCUT2D eigenvalue weighted by Crippen LogP contribution is -2.41. The minimum atomic E-state index is -5.08. The van der Waals surface area contributed by atoms with Crippen molar-refractivity contribution in [3.8, 4) is 28.8 Å². The Morgan fingerprint density at radius 2 is 2.05 bits per heavy atom. The number of carbonyl (C=O) groups is 1. The second-order valence-electron chi connectivity index (χ2n) is 8.36. The van der Waals surface area contributed by atoms with E-state index in [0.717, 1.165) is 38.0 Å². The first-order valence-electron chi connectivity index (χ1n) is 11.3. The summed E-state index contributed by atoms with van der Waals surface area (Å²) in [6.07, 6.45) is -2.89. The summed E-state index contributed by atoms with van der Waals surface area (Å²) in [4.78, 5) is 20.4. The van der Waals surface area contributed by atoms with Gasteiger partial charge in [0.1, 0.15) is 5.75 Å². The molecule has 198 valence electrons. The van der Waals surface area contributed by atoms with Crippen LogP contribution in [0, 0.1) is 18.3 Å². The summed E-state index contributed by atoms with van der Waals surface area (Å²) in [5.41, 5.74) is 3.04. The molecule has 0 saturated carbocycles. The molecular weight excluding hydrogens is 495 g/mol. The Bertz CT molecular complexity index is 1300. The fraction of sp³-hybridized carbons (Fsp3) is 0.417. The van der Waals surface area contributed by atoms with Crippen LogP contribution in [0.4, 0.5) is 19.2 Å². The standard InChI is InChI=1S/C22H25N5O3.C2HF3O2/c1-4-27-7-5-6-15(12-27)24-22-26-21-20(30-22)18(29-3)10-16(25-21)19-13(2)8-14(11-23)9-17(19)28;3-2(4,5)1(6)7/h8-10,15,28H,4-7,12H2,1-3H3,(H,24,25,26);(H,6,7)/t15-;/m1./s1. The molecule has 3 aromatic rings. The number of phenolic OH excluding ortho intramolecular Hbond substituents is 1. The molecule has 0 spiro atoms. The van der Waals surface area contributed by atoms with Crippen molar-refractivity contribution in [1.82, 2.24) is 14.9 Å². The summed E-state index contributed by atoms with van der Waals surface area (Å²) in [5.74, 6) is -2.28. The van der Waals surface area contributed by atoms with Gasteiger partial charge >= 0.3 is 12.1 Å². The van der Waals surface area contributed by atoms with Crippen molar-refractivity contribution in [1.29, 1.82) is 5.26 Å². The van der Waals surface area contributed by atoms with E-state index in [-0.39, 0.29) is 11.8 Å². The Morgan fingerprint density at radius 1 is 1.35 bits per heavy atom. The van der Waals surface area contributed by atoms with Crippen molar-refractivity contribution in [2.45, 2.75) is 38.9 Å². The van der Waals surface area contributed by atoms with E-state index >= 15 is 0 Å². The molecule has 4 rings (SSSR count). The number of carboxylic acid groups (broad SMARTS) is 1. The fourth-order valence-corrected chi connectivity index (χ4v) is 4.03. The van der Waals surface area contributed by atoms with E-state index in [1.807, 2.05) is 13.0 Å². The third-order valence-corrected chi connectivity index (χ3v) is 5.77. The molecular formula is C24H26F3N5O5. The predicted octanol–water partition coefficient (Wildman–Crippen LogP) is 4.31. The summed E-state index contributed by atoms with van der Waals surface area (Å²) in [6, 6.07) is 7.58. The lowest BCUT2D eigenvalue weighted by atomic mass is 10.0. The maximum Gasteiger partial charge on any atom is 0.490 e. The van der Waals surface area contributed by atoms with E-state index in [0.29, 0.717) is 39.8 Å². The lowest BCUT2D eigenvalue weighted by molar-refractivity contribution is -0.192. The molecule has 10 nitrogen and oxygen atoms in total. The van der Waals surface area contributed by atoms with E-state index in [2.05, 4.69) is 27.1 Å². The molecule has 3 N–H and O–H groups in total. The van der Waals surface area contributed by atoms with Crippen LogP contribution in [-0.4, -0.2) is 70.0 Å². The van der Waals surface area contributed by atoms with E-state index in [9.17, 15) is 18.3 Å². The van der Waals surface area contributed by atoms with E-state index in [1.165, 1.54) is 6.07 Å². The number of halogens is 3. The molecule has 1 fully saturated rings. The summed E-state index contributed by atoms with van der Waals surface area (Å²) >= 11 is 0. The first kappa shape index (κ1) is 27.5. The van der Waals surface area contributed by atoms with Crippen molar-refractivity contribution >= 4 is 23.2 Å². The summed E-state index contributed by atoms with van der Waals surface area (Å²) in [6.45, 7) is 7.08. The lowest BCUT2D eigenvalue weighted by Gasteiger charge is -2.31. The number of aliphatic carboxylic acids is 1. The number of aryl methyl sites for hydroxylation is 1. The highest BCUT2D eigenvalue weighted by molar-refractivity contribution is 5.84. The number of carboxylic acids is 1. The van der Waals surface area contributed by atoms with E-state index < -0.39 is 12.1 Å². The minimum Gasteiger partial charge on any atom is -0.507 e. The van der Waals surface area contributed by atoms with Gasteiger partial charge in [-0.25, -0.2) is 9.78 Å². The molecule has 1 aromatic carbocycles. The van der Waals surface area contributed by atoms with Crippen molar-refractivity contribution in [3.05, 3.63) is 29.3 Å². The van der Waals surface area contributed by atoms with Crippen LogP contribution in [0.15, 0.2) is 22.6 Å². The van der Waals surface area contributed by atoms with Crippen LogP contribution in [0.2, 0.25) is 0 Å². The number of aromatic nitrogens is 2. The highest BCUT2D eigenvalue weighted by Crippen LogP contribution is 2.37. The van der Waals surface area contributed by atoms with E-state index in [4.69, 9.17) is 24.3 Å². The number of alkyl halides is 3. The highest BCUT2D eigenvalue weighted by Gasteiger charge is 2.38. The van der Waals surface area contributed by atoms with Gasteiger partial charge in [-0.15, -0.1) is 0 Å². The minimum absolute atomic E-state index is 0.0100. The molecule has 0 bridgehead atoms. The highest BCUT2D eigenvalue weighted by atomic mass is 19.4. The SMILES string of the molecule is CCN1CCC[C@@H](Nc2nc3nc(-c4c(C)cc(C#N)cc4O)cc(OC)c3o2)C1.O=C(O)C(F)(F)F. The van der Waals surface area contributed by atoms with Gasteiger partial charge in [-0.2, -0.15) is 23.4 Å². The number of ether oxygens (including phenoxy) is 1. The van der Waals surface area contributed by atoms with Crippen molar-refractivity contribution in [2.24, 2.45) is 0 Å². The van der Waals surface area contributed by atoms with Crippen LogP contribution >= 0.6 is 0 Å². The molecule has 1 atom stereocenters. The average Bonchev–Trinajstić information content (AvgIpc) is 3.25. The molecule has 1 aliphatic rings. The van der Waals surface area contributed by atoms with Gasteiger partial charge in [0.15, 0.2) is 5.75 Å². The molecule has 0 amide bonds. The number of hydrogen-bond acceptors (Lipinski definition) is 9. The van der Waals surface area contributed by atoms with Crippen molar-refractivity contribution < 1.29 is 37.3 Å². The number of nitrogens with one attached hydrogen (secondary N) is 1. The first-order valence-corrected chi connectivity index (χ1v) is 11.3. The van der Waals surface area contributed by atoms with Gasteiger partial charge in [-0.05, 0) is 50.6 Å². The molecule has 37 heavy (non-hydrogen) atoms. The van der Waals surface area contributed by atoms with Crippen molar-refractivity contribution in [3.63, 3.8) is 0 Å². The number of likely N-dealkylation sites (N-methyl/N-ethyl adjacent to an activating group) is 1. The van der Waals surface area contributed by atoms with Gasteiger partial charge in [-0.3, -0.25) is 0 Å². The number of rotatable bonds is 5. The smallest absolute Gasteiger partial charge is 0.490 e. The molecule has 1 aliphatic heterocycles. The van der Waals surface area contributed by atoms with Crippen LogP contribution in [0.1, 0.15) is 30.9 Å². The number of methoxy groups -OCH3 is 1. The van der Waals surface area contributed by atoms with Gasteiger partial charge in [-0.1, -0.05) is 6.92 Å². The number of pyridine rings is 1. The van der Waals surface area contributed by atoms with Crippen LogP contribution in [-0.2, 0) is 4.79 Å². The Balaban J connectivity index is 0.000000479. The van der Waals surface area contributed by atoms with Gasteiger partial charge < -0.3 is 29.6 Å². The molecule has 13 heteroatoms. The third-order valence-electron chi connectivity index (χ3n) is 5.77. The summed E-state index contributed by atoms with van der Waals surface area (Å²) < 4.78 is 43.2. The van der Waals surface area contributed by atoms with Crippen LogP contribution in [0.3, 0.4) is 0 Å². The zero-order valence-corrected chi connectivity index (χ0v) is 20.4. The number of anilines is 1. The Kier molecular flexibility index (Phi) is 8.44. The third kappa shape index (κ3) is 6.59.